The summed E-state index contributed by atoms with van der Waals surface area (Å²) in [6.45, 7) is 0. The minimum absolute atomic E-state index is 0. The van der Waals surface area contributed by atoms with Crippen LogP contribution in [0.3, 0.4) is 0 Å². The highest BCUT2D eigenvalue weighted by atomic mass is 14.7. The summed E-state index contributed by atoms with van der Waals surface area (Å²) in [4.78, 5) is 0. The fourth-order valence-corrected chi connectivity index (χ4v) is 0.668. The lowest BCUT2D eigenvalue weighted by Crippen LogP contribution is -2.00. The first-order chi connectivity index (χ1) is 4.61. The van der Waals surface area contributed by atoms with E-state index in [2.05, 4.69) is 0 Å². The van der Waals surface area contributed by atoms with Gasteiger partial charge in [0, 0.05) is 5.71 Å². The Morgan fingerprint density at radius 1 is 0.700 bits per heavy atom. The summed E-state index contributed by atoms with van der Waals surface area (Å²) >= 11 is 0. The van der Waals surface area contributed by atoms with Gasteiger partial charge in [0.25, 0.3) is 0 Å². The zero-order valence-electron chi connectivity index (χ0n) is 5.46. The van der Waals surface area contributed by atoms with E-state index in [0.29, 0.717) is 22.7 Å². The minimum atomic E-state index is 0. The number of hydrogen-bond acceptors (Lipinski definition) is 4. The van der Waals surface area contributed by atoms with Gasteiger partial charge in [-0.25, -0.2) is 0 Å². The molecule has 4 heteroatoms. The molecule has 0 aliphatic carbocycles. The molecule has 1 rings (SSSR count). The fourth-order valence-electron chi connectivity index (χ4n) is 0.668. The highest BCUT2D eigenvalue weighted by Crippen LogP contribution is 2.23. The first-order valence-electron chi connectivity index (χ1n) is 2.81. The maximum absolute atomic E-state index is 5.43. The monoisotopic (exact) mass is 146 g/mol. The summed E-state index contributed by atoms with van der Waals surface area (Å²) in [7, 11) is 0. The third kappa shape index (κ3) is 0.907. The highest BCUT2D eigenvalue weighted by molar-refractivity contribution is 5.78. The number of hydrogen-bond donors (Lipinski definition) is 4. The topological polar surface area (TPSA) is 104 Å². The van der Waals surface area contributed by atoms with E-state index in [1.165, 1.54) is 0 Å². The number of anilines is 4. The average molecular weight is 146 g/mol. The number of benzene rings is 1. The minimum Gasteiger partial charge on any atom is -0.397 e. The van der Waals surface area contributed by atoms with Crippen LogP contribution in [-0.4, -0.2) is 0 Å². The third-order valence-electron chi connectivity index (χ3n) is 1.29. The molecule has 0 amide bonds. The van der Waals surface area contributed by atoms with Crippen LogP contribution in [-0.2, 0) is 0 Å². The third-order valence-corrected chi connectivity index (χ3v) is 1.29. The molecule has 0 saturated carbocycles. The van der Waals surface area contributed by atoms with Gasteiger partial charge in [0.05, 0.1) is 22.7 Å². The Bertz CT molecular complexity index is 218. The standard InChI is InChI=1S/C6H10N4.4H2/c7-3-1-4(8)6(10)2-5(3)9;;;;/h1-2H,7-10H2;4*1H. The molecule has 0 fully saturated rings. The summed E-state index contributed by atoms with van der Waals surface area (Å²) in [5.41, 5.74) is 23.6. The lowest BCUT2D eigenvalue weighted by molar-refractivity contribution is 1.64. The summed E-state index contributed by atoms with van der Waals surface area (Å²) in [6, 6.07) is 3.09. The molecule has 4 nitrogen and oxygen atoms in total. The van der Waals surface area contributed by atoms with Gasteiger partial charge in [0.1, 0.15) is 0 Å². The van der Waals surface area contributed by atoms with Crippen molar-refractivity contribution >= 4 is 22.7 Å². The smallest absolute Gasteiger partial charge is 0.0570 e. The molecule has 8 N–H and O–H groups in total. The largest absolute Gasteiger partial charge is 0.397 e. The molecule has 0 saturated heterocycles. The van der Waals surface area contributed by atoms with E-state index in [1.54, 1.807) is 12.1 Å². The van der Waals surface area contributed by atoms with Gasteiger partial charge in [-0.1, -0.05) is 0 Å². The summed E-state index contributed by atoms with van der Waals surface area (Å²) in [6.07, 6.45) is 0. The Labute approximate surface area is 64.7 Å². The molecule has 10 heavy (non-hydrogen) atoms. The number of nitrogens with two attached hydrogens (primary N) is 4. The Morgan fingerprint density at radius 2 is 0.900 bits per heavy atom. The second kappa shape index (κ2) is 1.98. The Morgan fingerprint density at radius 3 is 1.10 bits per heavy atom. The lowest BCUT2D eigenvalue weighted by Gasteiger charge is -2.03. The van der Waals surface area contributed by atoms with Crippen molar-refractivity contribution in [3.8, 4) is 0 Å². The molecular formula is C6H18N4. The van der Waals surface area contributed by atoms with Crippen molar-refractivity contribution in [2.45, 2.75) is 0 Å². The predicted octanol–water partition coefficient (Wildman–Crippen LogP) is 0.999. The first kappa shape index (κ1) is 6.54. The van der Waals surface area contributed by atoms with Gasteiger partial charge in [0.15, 0.2) is 0 Å². The maximum atomic E-state index is 5.43. The van der Waals surface area contributed by atoms with Crippen LogP contribution < -0.4 is 22.9 Å². The molecule has 0 unspecified atom stereocenters. The fraction of sp³-hybridized carbons (Fsp3) is 0. The zero-order valence-corrected chi connectivity index (χ0v) is 5.46. The SMILES string of the molecule is Nc1cc(N)c(N)cc1N.[HH].[HH].[HH].[HH]. The van der Waals surface area contributed by atoms with Gasteiger partial charge in [0.2, 0.25) is 0 Å². The predicted molar refractivity (Wildman–Crippen MR) is 52.5 cm³/mol. The summed E-state index contributed by atoms with van der Waals surface area (Å²) in [5.74, 6) is 0. The molecule has 0 atom stereocenters. The zero-order chi connectivity index (χ0) is 7.72. The molecule has 62 valence electrons. The Balaban J connectivity index is -0.000000125. The molecule has 0 radical (unpaired) electrons. The van der Waals surface area contributed by atoms with Gasteiger partial charge in [-0.15, -0.1) is 0 Å². The second-order valence-corrected chi connectivity index (χ2v) is 2.11. The van der Waals surface area contributed by atoms with Crippen molar-refractivity contribution in [1.29, 1.82) is 0 Å². The van der Waals surface area contributed by atoms with Crippen molar-refractivity contribution in [2.75, 3.05) is 22.9 Å². The van der Waals surface area contributed by atoms with E-state index >= 15 is 0 Å². The lowest BCUT2D eigenvalue weighted by atomic mass is 10.2. The van der Waals surface area contributed by atoms with E-state index < -0.39 is 0 Å². The number of rotatable bonds is 0. The van der Waals surface area contributed by atoms with Crippen LogP contribution in [0, 0.1) is 0 Å². The molecule has 0 aliphatic rings. The molecule has 1 aromatic carbocycles. The molecule has 1 aromatic rings. The van der Waals surface area contributed by atoms with Gasteiger partial charge < -0.3 is 22.9 Å². The quantitative estimate of drug-likeness (QED) is 0.410. The van der Waals surface area contributed by atoms with Crippen LogP contribution >= 0.6 is 0 Å². The van der Waals surface area contributed by atoms with Crippen molar-refractivity contribution < 1.29 is 5.71 Å². The van der Waals surface area contributed by atoms with E-state index in [1.807, 2.05) is 0 Å². The van der Waals surface area contributed by atoms with Gasteiger partial charge in [-0.2, -0.15) is 0 Å². The maximum Gasteiger partial charge on any atom is 0.0570 e. The molecule has 0 heterocycles. The Kier molecular flexibility index (Phi) is 1.30. The van der Waals surface area contributed by atoms with Gasteiger partial charge >= 0.3 is 0 Å². The van der Waals surface area contributed by atoms with Crippen molar-refractivity contribution in [2.24, 2.45) is 0 Å². The van der Waals surface area contributed by atoms with Crippen LogP contribution in [0.2, 0.25) is 0 Å². The van der Waals surface area contributed by atoms with E-state index in [-0.39, 0.29) is 5.71 Å². The van der Waals surface area contributed by atoms with Gasteiger partial charge in [-0.3, -0.25) is 0 Å². The molecule has 0 aromatic heterocycles. The molecule has 0 aliphatic heterocycles. The molecule has 0 bridgehead atoms. The van der Waals surface area contributed by atoms with E-state index in [4.69, 9.17) is 22.9 Å². The van der Waals surface area contributed by atoms with Crippen molar-refractivity contribution in [3.63, 3.8) is 0 Å². The second-order valence-electron chi connectivity index (χ2n) is 2.11. The van der Waals surface area contributed by atoms with Crippen LogP contribution in [0.15, 0.2) is 12.1 Å². The van der Waals surface area contributed by atoms with Crippen LogP contribution in [0.4, 0.5) is 22.7 Å². The average Bonchev–Trinajstić information content (AvgIpc) is 1.84. The summed E-state index contributed by atoms with van der Waals surface area (Å²) < 4.78 is 0. The van der Waals surface area contributed by atoms with Crippen molar-refractivity contribution in [1.82, 2.24) is 0 Å². The Hall–Kier alpha value is -1.58. The van der Waals surface area contributed by atoms with E-state index in [9.17, 15) is 0 Å². The van der Waals surface area contributed by atoms with Crippen LogP contribution in [0.25, 0.3) is 0 Å². The van der Waals surface area contributed by atoms with E-state index in [0.717, 1.165) is 0 Å². The van der Waals surface area contributed by atoms with Crippen molar-refractivity contribution in [3.05, 3.63) is 12.1 Å². The van der Waals surface area contributed by atoms with Crippen LogP contribution in [0.5, 0.6) is 0 Å². The molecular weight excluding hydrogens is 128 g/mol. The summed E-state index contributed by atoms with van der Waals surface area (Å²) in [5, 5.41) is 0. The first-order valence-corrected chi connectivity index (χ1v) is 2.81. The molecule has 0 spiro atoms. The van der Waals surface area contributed by atoms with Crippen LogP contribution in [0.1, 0.15) is 5.71 Å². The van der Waals surface area contributed by atoms with Gasteiger partial charge in [-0.05, 0) is 12.1 Å². The number of nitrogen functional groups attached to an aromatic ring is 4. The highest BCUT2D eigenvalue weighted by Gasteiger charge is 1.97. The normalized spacial score (nSPS) is 9.60.